The molecule has 1 aromatic carbocycles. The summed E-state index contributed by atoms with van der Waals surface area (Å²) < 4.78 is 5.85. The van der Waals surface area contributed by atoms with Crippen LogP contribution in [0.25, 0.3) is 10.2 Å². The zero-order chi connectivity index (χ0) is 13.2. The summed E-state index contributed by atoms with van der Waals surface area (Å²) in [6, 6.07) is 7.16. The fourth-order valence-electron chi connectivity index (χ4n) is 1.76. The summed E-state index contributed by atoms with van der Waals surface area (Å²) in [7, 11) is 0. The van der Waals surface area contributed by atoms with Gasteiger partial charge in [0.1, 0.15) is 0 Å². The molecule has 19 heavy (non-hydrogen) atoms. The van der Waals surface area contributed by atoms with E-state index in [4.69, 9.17) is 10.2 Å². The second kappa shape index (κ2) is 4.74. The molecule has 0 radical (unpaired) electrons. The Kier molecular flexibility index (Phi) is 2.92. The van der Waals surface area contributed by atoms with Gasteiger partial charge in [0.2, 0.25) is 0 Å². The predicted molar refractivity (Wildman–Crippen MR) is 73.9 cm³/mol. The Morgan fingerprint density at radius 3 is 3.11 bits per heavy atom. The van der Waals surface area contributed by atoms with Crippen molar-refractivity contribution in [1.82, 2.24) is 10.3 Å². The SMILES string of the molecule is Nc1nc2ccc(C(=O)NCc3ccoc3)cc2s1. The molecule has 2 aromatic heterocycles. The Balaban J connectivity index is 1.77. The number of carbonyl (C=O) groups is 1. The summed E-state index contributed by atoms with van der Waals surface area (Å²) in [6.45, 7) is 0.443. The first kappa shape index (κ1) is 11.7. The summed E-state index contributed by atoms with van der Waals surface area (Å²) >= 11 is 1.37. The zero-order valence-corrected chi connectivity index (χ0v) is 10.7. The van der Waals surface area contributed by atoms with Gasteiger partial charge in [0, 0.05) is 17.7 Å². The van der Waals surface area contributed by atoms with E-state index in [1.807, 2.05) is 6.07 Å². The van der Waals surface area contributed by atoms with Crippen LogP contribution < -0.4 is 11.1 Å². The van der Waals surface area contributed by atoms with Gasteiger partial charge in [-0.2, -0.15) is 0 Å². The highest BCUT2D eigenvalue weighted by molar-refractivity contribution is 7.22. The fourth-order valence-corrected chi connectivity index (χ4v) is 2.53. The van der Waals surface area contributed by atoms with Crippen LogP contribution in [0.2, 0.25) is 0 Å². The molecule has 0 saturated carbocycles. The molecule has 2 heterocycles. The second-order valence-electron chi connectivity index (χ2n) is 4.05. The Morgan fingerprint density at radius 2 is 2.32 bits per heavy atom. The van der Waals surface area contributed by atoms with Crippen LogP contribution in [-0.4, -0.2) is 10.9 Å². The largest absolute Gasteiger partial charge is 0.472 e. The van der Waals surface area contributed by atoms with Crippen LogP contribution >= 0.6 is 11.3 Å². The van der Waals surface area contributed by atoms with Gasteiger partial charge < -0.3 is 15.5 Å². The lowest BCUT2D eigenvalue weighted by molar-refractivity contribution is 0.0951. The van der Waals surface area contributed by atoms with Crippen molar-refractivity contribution in [3.8, 4) is 0 Å². The molecule has 0 fully saturated rings. The van der Waals surface area contributed by atoms with Gasteiger partial charge in [0.25, 0.3) is 5.91 Å². The van der Waals surface area contributed by atoms with E-state index >= 15 is 0 Å². The number of rotatable bonds is 3. The van der Waals surface area contributed by atoms with Crippen molar-refractivity contribution in [3.63, 3.8) is 0 Å². The number of carbonyl (C=O) groups excluding carboxylic acids is 1. The molecule has 3 rings (SSSR count). The van der Waals surface area contributed by atoms with Gasteiger partial charge in [0.15, 0.2) is 5.13 Å². The van der Waals surface area contributed by atoms with Crippen molar-refractivity contribution in [1.29, 1.82) is 0 Å². The molecule has 0 saturated heterocycles. The Morgan fingerprint density at radius 1 is 1.42 bits per heavy atom. The maximum atomic E-state index is 12.0. The normalized spacial score (nSPS) is 10.7. The quantitative estimate of drug-likeness (QED) is 0.767. The third-order valence-electron chi connectivity index (χ3n) is 2.70. The highest BCUT2D eigenvalue weighted by Crippen LogP contribution is 2.24. The third-order valence-corrected chi connectivity index (χ3v) is 3.55. The van der Waals surface area contributed by atoms with Crippen LogP contribution in [0.4, 0.5) is 5.13 Å². The van der Waals surface area contributed by atoms with Gasteiger partial charge in [-0.25, -0.2) is 4.98 Å². The van der Waals surface area contributed by atoms with Crippen LogP contribution in [0.3, 0.4) is 0 Å². The van der Waals surface area contributed by atoms with Crippen molar-refractivity contribution in [2.24, 2.45) is 0 Å². The smallest absolute Gasteiger partial charge is 0.251 e. The van der Waals surface area contributed by atoms with Crippen LogP contribution in [0.15, 0.2) is 41.2 Å². The molecular formula is C13H11N3O2S. The van der Waals surface area contributed by atoms with Gasteiger partial charge in [-0.1, -0.05) is 11.3 Å². The molecule has 0 bridgehead atoms. The highest BCUT2D eigenvalue weighted by Gasteiger charge is 2.08. The van der Waals surface area contributed by atoms with E-state index in [1.165, 1.54) is 11.3 Å². The summed E-state index contributed by atoms with van der Waals surface area (Å²) in [6.07, 6.45) is 3.18. The molecule has 3 aromatic rings. The van der Waals surface area contributed by atoms with E-state index < -0.39 is 0 Å². The topological polar surface area (TPSA) is 81.1 Å². The first-order valence-electron chi connectivity index (χ1n) is 5.68. The molecule has 3 N–H and O–H groups in total. The molecule has 0 atom stereocenters. The molecule has 0 aliphatic rings. The van der Waals surface area contributed by atoms with Crippen molar-refractivity contribution >= 4 is 32.6 Å². The average Bonchev–Trinajstić information content (AvgIpc) is 3.02. The Labute approximate surface area is 113 Å². The van der Waals surface area contributed by atoms with Crippen molar-refractivity contribution in [3.05, 3.63) is 47.9 Å². The number of amides is 1. The first-order chi connectivity index (χ1) is 9.22. The molecular weight excluding hydrogens is 262 g/mol. The molecule has 0 spiro atoms. The van der Waals surface area contributed by atoms with E-state index in [0.717, 1.165) is 15.8 Å². The van der Waals surface area contributed by atoms with Gasteiger partial charge in [0.05, 0.1) is 22.7 Å². The minimum absolute atomic E-state index is 0.130. The highest BCUT2D eigenvalue weighted by atomic mass is 32.1. The number of fused-ring (bicyclic) bond motifs is 1. The fraction of sp³-hybridized carbons (Fsp3) is 0.0769. The minimum Gasteiger partial charge on any atom is -0.472 e. The van der Waals surface area contributed by atoms with Crippen LogP contribution in [0.1, 0.15) is 15.9 Å². The van der Waals surface area contributed by atoms with Crippen LogP contribution in [0.5, 0.6) is 0 Å². The summed E-state index contributed by atoms with van der Waals surface area (Å²) in [5.74, 6) is -0.130. The number of hydrogen-bond acceptors (Lipinski definition) is 5. The number of aromatic nitrogens is 1. The van der Waals surface area contributed by atoms with E-state index in [0.29, 0.717) is 17.2 Å². The molecule has 1 amide bonds. The van der Waals surface area contributed by atoms with Gasteiger partial charge >= 0.3 is 0 Å². The molecule has 0 unspecified atom stereocenters. The van der Waals surface area contributed by atoms with E-state index in [1.54, 1.807) is 30.7 Å². The van der Waals surface area contributed by atoms with E-state index in [-0.39, 0.29) is 5.91 Å². The Bertz CT molecular complexity index is 719. The number of benzene rings is 1. The lowest BCUT2D eigenvalue weighted by atomic mass is 10.2. The van der Waals surface area contributed by atoms with Crippen molar-refractivity contribution in [2.75, 3.05) is 5.73 Å². The number of hydrogen-bond donors (Lipinski definition) is 2. The number of nitrogens with two attached hydrogens (primary N) is 1. The summed E-state index contributed by atoms with van der Waals surface area (Å²) in [5, 5.41) is 3.33. The Hall–Kier alpha value is -2.34. The molecule has 0 aliphatic heterocycles. The second-order valence-corrected chi connectivity index (χ2v) is 5.11. The van der Waals surface area contributed by atoms with Crippen molar-refractivity contribution < 1.29 is 9.21 Å². The van der Waals surface area contributed by atoms with E-state index in [2.05, 4.69) is 10.3 Å². The zero-order valence-electron chi connectivity index (χ0n) is 9.92. The van der Waals surface area contributed by atoms with Gasteiger partial charge in [-0.3, -0.25) is 4.79 Å². The number of thiazole rings is 1. The molecule has 5 nitrogen and oxygen atoms in total. The summed E-state index contributed by atoms with van der Waals surface area (Å²) in [5.41, 5.74) is 7.97. The van der Waals surface area contributed by atoms with Gasteiger partial charge in [-0.15, -0.1) is 0 Å². The number of nitrogens with zero attached hydrogens (tertiary/aromatic N) is 1. The van der Waals surface area contributed by atoms with E-state index in [9.17, 15) is 4.79 Å². The number of furan rings is 1. The maximum absolute atomic E-state index is 12.0. The number of nitrogens with one attached hydrogen (secondary N) is 1. The molecule has 6 heteroatoms. The first-order valence-corrected chi connectivity index (χ1v) is 6.49. The van der Waals surface area contributed by atoms with Crippen molar-refractivity contribution in [2.45, 2.75) is 6.54 Å². The average molecular weight is 273 g/mol. The predicted octanol–water partition coefficient (Wildman–Crippen LogP) is 2.40. The minimum atomic E-state index is -0.130. The molecule has 96 valence electrons. The maximum Gasteiger partial charge on any atom is 0.251 e. The number of anilines is 1. The lowest BCUT2D eigenvalue weighted by Gasteiger charge is -2.03. The molecule has 0 aliphatic carbocycles. The summed E-state index contributed by atoms with van der Waals surface area (Å²) in [4.78, 5) is 16.2. The third kappa shape index (κ3) is 2.43. The standard InChI is InChI=1S/C13H11N3O2S/c14-13-16-10-2-1-9(5-11(10)19-13)12(17)15-6-8-3-4-18-7-8/h1-5,7H,6H2,(H2,14,16)(H,15,17). The van der Waals surface area contributed by atoms with Crippen LogP contribution in [0, 0.1) is 0 Å². The lowest BCUT2D eigenvalue weighted by Crippen LogP contribution is -2.22. The van der Waals surface area contributed by atoms with Crippen LogP contribution in [-0.2, 0) is 6.54 Å². The monoisotopic (exact) mass is 273 g/mol. The van der Waals surface area contributed by atoms with Gasteiger partial charge in [-0.05, 0) is 24.3 Å². The number of nitrogen functional groups attached to an aromatic ring is 1.